The van der Waals surface area contributed by atoms with Crippen molar-refractivity contribution in [3.8, 4) is 5.69 Å². The summed E-state index contributed by atoms with van der Waals surface area (Å²) in [6, 6.07) is 7.87. The van der Waals surface area contributed by atoms with Crippen LogP contribution in [0.5, 0.6) is 0 Å². The molecule has 27 heavy (non-hydrogen) atoms. The number of nitrogens with zero attached hydrogens (tertiary/aromatic N) is 3. The second-order valence-electron chi connectivity index (χ2n) is 6.81. The lowest BCUT2D eigenvalue weighted by Crippen LogP contribution is -2.18. The summed E-state index contributed by atoms with van der Waals surface area (Å²) in [7, 11) is 0. The molecule has 3 N–H and O–H groups in total. The number of aromatic nitrogens is 3. The van der Waals surface area contributed by atoms with Gasteiger partial charge in [0.1, 0.15) is 6.26 Å². The van der Waals surface area contributed by atoms with Gasteiger partial charge in [-0.05, 0) is 29.5 Å². The number of benzene rings is 1. The molecule has 140 valence electrons. The highest BCUT2D eigenvalue weighted by Crippen LogP contribution is 2.27. The first kappa shape index (κ1) is 18.4. The van der Waals surface area contributed by atoms with E-state index in [1.54, 1.807) is 0 Å². The first-order valence-corrected chi connectivity index (χ1v) is 8.51. The van der Waals surface area contributed by atoms with Crippen LogP contribution in [0.1, 0.15) is 53.7 Å². The van der Waals surface area contributed by atoms with Gasteiger partial charge in [-0.15, -0.1) is 0 Å². The van der Waals surface area contributed by atoms with Crippen LogP contribution < -0.4 is 11.1 Å². The Balaban J connectivity index is 1.91. The van der Waals surface area contributed by atoms with Crippen LogP contribution >= 0.6 is 0 Å². The maximum atomic E-state index is 12.2. The van der Waals surface area contributed by atoms with Gasteiger partial charge in [-0.25, -0.2) is 9.67 Å². The van der Waals surface area contributed by atoms with Crippen LogP contribution in [0, 0.1) is 0 Å². The first-order chi connectivity index (χ1) is 12.8. The number of oxazole rings is 1. The first-order valence-electron chi connectivity index (χ1n) is 8.51. The molecule has 0 aliphatic heterocycles. The SMILES string of the molecule is CCC(C)(C)c1ccc(-n2cc(NC(=O)c3cocn3)c(C(N)=O)n2)cc1. The average molecular weight is 367 g/mol. The molecule has 0 saturated carbocycles. The number of nitrogens with one attached hydrogen (secondary N) is 1. The molecule has 0 unspecified atom stereocenters. The van der Waals surface area contributed by atoms with E-state index in [9.17, 15) is 9.59 Å². The van der Waals surface area contributed by atoms with Gasteiger partial charge >= 0.3 is 0 Å². The van der Waals surface area contributed by atoms with E-state index in [2.05, 4.69) is 36.2 Å². The van der Waals surface area contributed by atoms with Crippen molar-refractivity contribution < 1.29 is 14.0 Å². The van der Waals surface area contributed by atoms with Gasteiger partial charge in [0.2, 0.25) is 0 Å². The highest BCUT2D eigenvalue weighted by molar-refractivity contribution is 6.06. The summed E-state index contributed by atoms with van der Waals surface area (Å²) in [4.78, 5) is 27.7. The average Bonchev–Trinajstić information content (AvgIpc) is 3.32. The molecular formula is C19H21N5O3. The summed E-state index contributed by atoms with van der Waals surface area (Å²) in [6.45, 7) is 6.50. The monoisotopic (exact) mass is 367 g/mol. The number of rotatable bonds is 6. The Morgan fingerprint density at radius 3 is 2.52 bits per heavy atom. The lowest BCUT2D eigenvalue weighted by atomic mass is 9.82. The molecule has 0 aliphatic rings. The fourth-order valence-electron chi connectivity index (χ4n) is 2.56. The zero-order valence-electron chi connectivity index (χ0n) is 15.4. The molecule has 2 amide bonds. The van der Waals surface area contributed by atoms with Crippen molar-refractivity contribution in [3.63, 3.8) is 0 Å². The minimum Gasteiger partial charge on any atom is -0.451 e. The maximum absolute atomic E-state index is 12.2. The van der Waals surface area contributed by atoms with Crippen molar-refractivity contribution in [2.24, 2.45) is 5.73 Å². The predicted octanol–water partition coefficient (Wildman–Crippen LogP) is 2.90. The molecule has 2 heterocycles. The second kappa shape index (κ2) is 7.06. The van der Waals surface area contributed by atoms with Crippen molar-refractivity contribution in [2.75, 3.05) is 5.32 Å². The number of anilines is 1. The molecule has 2 aromatic heterocycles. The smallest absolute Gasteiger partial charge is 0.277 e. The van der Waals surface area contributed by atoms with E-state index in [-0.39, 0.29) is 22.5 Å². The minimum atomic E-state index is -0.743. The Hall–Kier alpha value is -3.42. The van der Waals surface area contributed by atoms with Gasteiger partial charge in [-0.1, -0.05) is 32.9 Å². The molecule has 1 aromatic carbocycles. The summed E-state index contributed by atoms with van der Waals surface area (Å²) < 4.78 is 6.29. The molecular weight excluding hydrogens is 346 g/mol. The van der Waals surface area contributed by atoms with E-state index in [0.29, 0.717) is 0 Å². The second-order valence-corrected chi connectivity index (χ2v) is 6.81. The van der Waals surface area contributed by atoms with Crippen LogP contribution in [0.3, 0.4) is 0 Å². The summed E-state index contributed by atoms with van der Waals surface area (Å²) in [5.41, 5.74) is 7.67. The van der Waals surface area contributed by atoms with Crippen LogP contribution in [-0.2, 0) is 5.41 Å². The molecule has 8 heteroatoms. The third kappa shape index (κ3) is 3.74. The number of carbonyl (C=O) groups excluding carboxylic acids is 2. The summed E-state index contributed by atoms with van der Waals surface area (Å²) >= 11 is 0. The number of nitrogens with two attached hydrogens (primary N) is 1. The van der Waals surface area contributed by atoms with E-state index in [1.807, 2.05) is 24.3 Å². The molecule has 3 rings (SSSR count). The van der Waals surface area contributed by atoms with Gasteiger partial charge < -0.3 is 15.5 Å². The third-order valence-electron chi connectivity index (χ3n) is 4.66. The number of hydrogen-bond acceptors (Lipinski definition) is 5. The Morgan fingerprint density at radius 2 is 1.96 bits per heavy atom. The van der Waals surface area contributed by atoms with Crippen LogP contribution in [0.4, 0.5) is 5.69 Å². The van der Waals surface area contributed by atoms with Crippen molar-refractivity contribution in [1.29, 1.82) is 0 Å². The van der Waals surface area contributed by atoms with Gasteiger partial charge in [0.25, 0.3) is 11.8 Å². The Kier molecular flexibility index (Phi) is 4.81. The lowest BCUT2D eigenvalue weighted by molar-refractivity contribution is 0.0996. The topological polar surface area (TPSA) is 116 Å². The summed E-state index contributed by atoms with van der Waals surface area (Å²) in [5.74, 6) is -1.27. The summed E-state index contributed by atoms with van der Waals surface area (Å²) in [6.07, 6.45) is 4.90. The summed E-state index contributed by atoms with van der Waals surface area (Å²) in [5, 5.41) is 6.79. The van der Waals surface area contributed by atoms with E-state index in [0.717, 1.165) is 18.5 Å². The van der Waals surface area contributed by atoms with E-state index < -0.39 is 11.8 Å². The van der Waals surface area contributed by atoms with Gasteiger partial charge in [-0.3, -0.25) is 9.59 Å². The minimum absolute atomic E-state index is 0.0372. The molecule has 0 aliphatic carbocycles. The van der Waals surface area contributed by atoms with Crippen LogP contribution in [0.15, 0.2) is 47.5 Å². The molecule has 8 nitrogen and oxygen atoms in total. The fraction of sp³-hybridized carbons (Fsp3) is 0.263. The molecule has 0 fully saturated rings. The predicted molar refractivity (Wildman–Crippen MR) is 99.9 cm³/mol. The van der Waals surface area contributed by atoms with Crippen LogP contribution in [-0.4, -0.2) is 26.6 Å². The quantitative estimate of drug-likeness (QED) is 0.695. The Morgan fingerprint density at radius 1 is 1.26 bits per heavy atom. The number of amides is 2. The number of carbonyl (C=O) groups is 2. The van der Waals surface area contributed by atoms with E-state index in [4.69, 9.17) is 10.2 Å². The van der Waals surface area contributed by atoms with Crippen LogP contribution in [0.25, 0.3) is 5.69 Å². The fourth-order valence-corrected chi connectivity index (χ4v) is 2.56. The van der Waals surface area contributed by atoms with Crippen LogP contribution in [0.2, 0.25) is 0 Å². The zero-order valence-corrected chi connectivity index (χ0v) is 15.4. The lowest BCUT2D eigenvalue weighted by Gasteiger charge is -2.23. The Labute approximate surface area is 156 Å². The third-order valence-corrected chi connectivity index (χ3v) is 4.66. The highest BCUT2D eigenvalue weighted by atomic mass is 16.3. The van der Waals surface area contributed by atoms with Gasteiger partial charge in [0.15, 0.2) is 17.8 Å². The zero-order chi connectivity index (χ0) is 19.6. The van der Waals surface area contributed by atoms with Crippen molar-refractivity contribution in [1.82, 2.24) is 14.8 Å². The normalized spacial score (nSPS) is 11.4. The largest absolute Gasteiger partial charge is 0.451 e. The van der Waals surface area contributed by atoms with E-state index >= 15 is 0 Å². The van der Waals surface area contributed by atoms with Crippen molar-refractivity contribution in [3.05, 3.63) is 60.1 Å². The molecule has 0 atom stereocenters. The molecule has 3 aromatic rings. The molecule has 0 saturated heterocycles. The van der Waals surface area contributed by atoms with Gasteiger partial charge in [0, 0.05) is 0 Å². The number of hydrogen-bond donors (Lipinski definition) is 2. The molecule has 0 bridgehead atoms. The van der Waals surface area contributed by atoms with Crippen molar-refractivity contribution >= 4 is 17.5 Å². The molecule has 0 spiro atoms. The number of primary amides is 1. The van der Waals surface area contributed by atoms with Crippen molar-refractivity contribution in [2.45, 2.75) is 32.6 Å². The van der Waals surface area contributed by atoms with Gasteiger partial charge in [0.05, 0.1) is 17.6 Å². The highest BCUT2D eigenvalue weighted by Gasteiger charge is 2.20. The maximum Gasteiger partial charge on any atom is 0.277 e. The standard InChI is InChI=1S/C19H21N5O3/c1-4-19(2,3)12-5-7-13(8-6-12)24-9-14(16(23-24)17(20)25)22-18(26)15-10-27-11-21-15/h5-11H,4H2,1-3H3,(H2,20,25)(H,22,26). The Bertz CT molecular complexity index is 956. The molecule has 0 radical (unpaired) electrons. The van der Waals surface area contributed by atoms with Gasteiger partial charge in [-0.2, -0.15) is 5.10 Å². The van der Waals surface area contributed by atoms with E-state index in [1.165, 1.54) is 22.7 Å².